The predicted octanol–water partition coefficient (Wildman–Crippen LogP) is 3.81. The van der Waals surface area contributed by atoms with Gasteiger partial charge < -0.3 is 10.2 Å². The molecular formula is C16H24F2N2. The van der Waals surface area contributed by atoms with Crippen LogP contribution in [0.25, 0.3) is 0 Å². The van der Waals surface area contributed by atoms with E-state index in [1.807, 2.05) is 0 Å². The summed E-state index contributed by atoms with van der Waals surface area (Å²) in [5.74, 6) is -0.258. The van der Waals surface area contributed by atoms with Crippen LogP contribution in [0.3, 0.4) is 0 Å². The molecule has 0 saturated carbocycles. The molecule has 0 spiro atoms. The summed E-state index contributed by atoms with van der Waals surface area (Å²) in [5.41, 5.74) is 0.616. The smallest absolute Gasteiger partial charge is 0.146 e. The molecule has 2 rings (SSSR count). The number of hydrogen-bond donors (Lipinski definition) is 1. The van der Waals surface area contributed by atoms with Gasteiger partial charge in [0.25, 0.3) is 0 Å². The molecule has 2 unspecified atom stereocenters. The highest BCUT2D eigenvalue weighted by atomic mass is 19.1. The van der Waals surface area contributed by atoms with Crippen LogP contribution >= 0.6 is 0 Å². The highest BCUT2D eigenvalue weighted by Gasteiger charge is 2.24. The average Bonchev–Trinajstić information content (AvgIpc) is 2.44. The van der Waals surface area contributed by atoms with Crippen LogP contribution in [-0.4, -0.2) is 30.6 Å². The zero-order valence-corrected chi connectivity index (χ0v) is 12.5. The molecule has 1 aliphatic rings. The third-order valence-electron chi connectivity index (χ3n) is 4.33. The Balaban J connectivity index is 2.04. The number of aryl methyl sites for hydroxylation is 1. The van der Waals surface area contributed by atoms with E-state index in [-0.39, 0.29) is 23.4 Å². The van der Waals surface area contributed by atoms with Crippen molar-refractivity contribution in [3.63, 3.8) is 0 Å². The monoisotopic (exact) mass is 282 g/mol. The average molecular weight is 282 g/mol. The Labute approximate surface area is 120 Å². The normalized spacial score (nSPS) is 21.8. The maximum absolute atomic E-state index is 13.9. The van der Waals surface area contributed by atoms with Crippen molar-refractivity contribution in [2.45, 2.75) is 39.7 Å². The molecule has 1 heterocycles. The van der Waals surface area contributed by atoms with E-state index < -0.39 is 0 Å². The van der Waals surface area contributed by atoms with Gasteiger partial charge in [-0.3, -0.25) is 0 Å². The van der Waals surface area contributed by atoms with E-state index in [9.17, 15) is 8.78 Å². The van der Waals surface area contributed by atoms with Gasteiger partial charge in [0.2, 0.25) is 0 Å². The number of hydrogen-bond acceptors (Lipinski definition) is 2. The van der Waals surface area contributed by atoms with E-state index in [2.05, 4.69) is 24.1 Å². The Morgan fingerprint density at radius 1 is 1.35 bits per heavy atom. The SMILES string of the molecule is CCN1CCCC(C(C)Nc2cc(F)c(C)cc2F)C1. The second kappa shape index (κ2) is 6.53. The first kappa shape index (κ1) is 15.2. The van der Waals surface area contributed by atoms with Gasteiger partial charge in [-0.1, -0.05) is 6.92 Å². The van der Waals surface area contributed by atoms with Crippen LogP contribution in [0.1, 0.15) is 32.3 Å². The zero-order chi connectivity index (χ0) is 14.7. The second-order valence-corrected chi connectivity index (χ2v) is 5.81. The van der Waals surface area contributed by atoms with Crippen molar-refractivity contribution >= 4 is 5.69 Å². The lowest BCUT2D eigenvalue weighted by atomic mass is 9.91. The zero-order valence-electron chi connectivity index (χ0n) is 12.5. The Bertz CT molecular complexity index is 462. The molecule has 1 aliphatic heterocycles. The van der Waals surface area contributed by atoms with Gasteiger partial charge in [-0.2, -0.15) is 0 Å². The van der Waals surface area contributed by atoms with Gasteiger partial charge in [0.1, 0.15) is 11.6 Å². The summed E-state index contributed by atoms with van der Waals surface area (Å²) in [6.07, 6.45) is 2.32. The van der Waals surface area contributed by atoms with E-state index >= 15 is 0 Å². The van der Waals surface area contributed by atoms with Crippen LogP contribution in [0.2, 0.25) is 0 Å². The minimum atomic E-state index is -0.376. The molecule has 2 atom stereocenters. The van der Waals surface area contributed by atoms with Crippen LogP contribution < -0.4 is 5.32 Å². The maximum Gasteiger partial charge on any atom is 0.146 e. The standard InChI is InChI=1S/C16H24F2N2/c1-4-20-7-5-6-13(10-20)12(3)19-16-9-14(17)11(2)8-15(16)18/h8-9,12-13,19H,4-7,10H2,1-3H3. The number of halogens is 2. The molecule has 4 heteroatoms. The third-order valence-corrected chi connectivity index (χ3v) is 4.33. The van der Waals surface area contributed by atoms with Gasteiger partial charge in [-0.05, 0) is 57.3 Å². The van der Waals surface area contributed by atoms with Crippen molar-refractivity contribution in [3.05, 3.63) is 29.3 Å². The predicted molar refractivity (Wildman–Crippen MR) is 79.0 cm³/mol. The molecule has 0 aromatic heterocycles. The van der Waals surface area contributed by atoms with Crippen molar-refractivity contribution < 1.29 is 8.78 Å². The van der Waals surface area contributed by atoms with Gasteiger partial charge in [-0.25, -0.2) is 8.78 Å². The van der Waals surface area contributed by atoms with Gasteiger partial charge in [0.05, 0.1) is 5.69 Å². The summed E-state index contributed by atoms with van der Waals surface area (Å²) in [6.45, 7) is 9.02. The largest absolute Gasteiger partial charge is 0.380 e. The minimum Gasteiger partial charge on any atom is -0.380 e. The molecule has 1 aromatic rings. The molecule has 0 radical (unpaired) electrons. The van der Waals surface area contributed by atoms with Crippen LogP contribution in [0, 0.1) is 24.5 Å². The lowest BCUT2D eigenvalue weighted by Gasteiger charge is -2.35. The van der Waals surface area contributed by atoms with E-state index in [0.29, 0.717) is 11.5 Å². The molecule has 0 bridgehead atoms. The minimum absolute atomic E-state index is 0.140. The van der Waals surface area contributed by atoms with Gasteiger partial charge >= 0.3 is 0 Å². The van der Waals surface area contributed by atoms with Crippen LogP contribution in [0.4, 0.5) is 14.5 Å². The lowest BCUT2D eigenvalue weighted by molar-refractivity contribution is 0.172. The van der Waals surface area contributed by atoms with Crippen molar-refractivity contribution in [2.24, 2.45) is 5.92 Å². The third kappa shape index (κ3) is 3.48. The Morgan fingerprint density at radius 3 is 2.80 bits per heavy atom. The molecular weight excluding hydrogens is 258 g/mol. The summed E-state index contributed by atoms with van der Waals surface area (Å²) in [7, 11) is 0. The van der Waals surface area contributed by atoms with Crippen molar-refractivity contribution in [2.75, 3.05) is 25.0 Å². The van der Waals surface area contributed by atoms with Crippen molar-refractivity contribution in [1.29, 1.82) is 0 Å². The molecule has 1 aromatic carbocycles. The Morgan fingerprint density at radius 2 is 2.10 bits per heavy atom. The van der Waals surface area contributed by atoms with Crippen LogP contribution in [0.5, 0.6) is 0 Å². The first-order chi connectivity index (χ1) is 9.51. The first-order valence-corrected chi connectivity index (χ1v) is 7.45. The highest BCUT2D eigenvalue weighted by molar-refractivity contribution is 5.47. The number of nitrogens with one attached hydrogen (secondary N) is 1. The molecule has 1 saturated heterocycles. The Hall–Kier alpha value is -1.16. The summed E-state index contributed by atoms with van der Waals surface area (Å²) >= 11 is 0. The molecule has 2 nitrogen and oxygen atoms in total. The van der Waals surface area contributed by atoms with Crippen LogP contribution in [-0.2, 0) is 0 Å². The molecule has 1 fully saturated rings. The van der Waals surface area contributed by atoms with Crippen molar-refractivity contribution in [3.8, 4) is 0 Å². The summed E-state index contributed by atoms with van der Waals surface area (Å²) < 4.78 is 27.4. The maximum atomic E-state index is 13.9. The summed E-state index contributed by atoms with van der Waals surface area (Å²) in [4.78, 5) is 2.42. The van der Waals surface area contributed by atoms with Gasteiger partial charge in [0.15, 0.2) is 0 Å². The van der Waals surface area contributed by atoms with E-state index in [1.54, 1.807) is 6.92 Å². The first-order valence-electron chi connectivity index (χ1n) is 7.45. The second-order valence-electron chi connectivity index (χ2n) is 5.81. The van der Waals surface area contributed by atoms with E-state index in [1.165, 1.54) is 18.6 Å². The molecule has 1 N–H and O–H groups in total. The Kier molecular flexibility index (Phi) is 4.97. The number of piperidine rings is 1. The van der Waals surface area contributed by atoms with Gasteiger partial charge in [-0.15, -0.1) is 0 Å². The quantitative estimate of drug-likeness (QED) is 0.903. The van der Waals surface area contributed by atoms with E-state index in [0.717, 1.165) is 26.1 Å². The van der Waals surface area contributed by atoms with Crippen LogP contribution in [0.15, 0.2) is 12.1 Å². The topological polar surface area (TPSA) is 15.3 Å². The van der Waals surface area contributed by atoms with Crippen molar-refractivity contribution in [1.82, 2.24) is 4.90 Å². The van der Waals surface area contributed by atoms with E-state index in [4.69, 9.17) is 0 Å². The van der Waals surface area contributed by atoms with Gasteiger partial charge in [0, 0.05) is 18.7 Å². The molecule has 112 valence electrons. The number of likely N-dealkylation sites (tertiary alicyclic amines) is 1. The number of nitrogens with zero attached hydrogens (tertiary/aromatic N) is 1. The fourth-order valence-corrected chi connectivity index (χ4v) is 2.91. The molecule has 0 aliphatic carbocycles. The lowest BCUT2D eigenvalue weighted by Crippen LogP contribution is -2.41. The fraction of sp³-hybridized carbons (Fsp3) is 0.625. The molecule has 0 amide bonds. The fourth-order valence-electron chi connectivity index (χ4n) is 2.91. The summed E-state index contributed by atoms with van der Waals surface area (Å²) in [6, 6.07) is 2.66. The number of rotatable bonds is 4. The molecule has 20 heavy (non-hydrogen) atoms. The number of benzene rings is 1. The number of anilines is 1. The highest BCUT2D eigenvalue weighted by Crippen LogP contribution is 2.25. The summed E-state index contributed by atoms with van der Waals surface area (Å²) in [5, 5.41) is 3.15.